The maximum atomic E-state index is 5.70. The van der Waals surface area contributed by atoms with Gasteiger partial charge in [0.2, 0.25) is 0 Å². The summed E-state index contributed by atoms with van der Waals surface area (Å²) in [7, 11) is 1.58. The van der Waals surface area contributed by atoms with E-state index in [4.69, 9.17) is 10.5 Å². The first-order valence-corrected chi connectivity index (χ1v) is 4.90. The van der Waals surface area contributed by atoms with E-state index < -0.39 is 0 Å². The molecule has 0 saturated heterocycles. The van der Waals surface area contributed by atoms with Crippen molar-refractivity contribution in [2.45, 2.75) is 0 Å². The van der Waals surface area contributed by atoms with Gasteiger partial charge in [-0.15, -0.1) is 0 Å². The first-order valence-electron chi connectivity index (χ1n) is 4.10. The van der Waals surface area contributed by atoms with Crippen LogP contribution < -0.4 is 10.5 Å². The Labute approximate surface area is 90.0 Å². The summed E-state index contributed by atoms with van der Waals surface area (Å²) in [6, 6.07) is 7.73. The van der Waals surface area contributed by atoms with E-state index in [-0.39, 0.29) is 0 Å². The molecule has 2 rings (SSSR count). The van der Waals surface area contributed by atoms with Gasteiger partial charge >= 0.3 is 0 Å². The summed E-state index contributed by atoms with van der Waals surface area (Å²) in [4.78, 5) is 4.23. The molecule has 0 aliphatic heterocycles. The lowest BCUT2D eigenvalue weighted by Crippen LogP contribution is -1.95. The Bertz CT molecular complexity index is 485. The number of nitrogens with two attached hydrogens (primary N) is 1. The van der Waals surface area contributed by atoms with Crippen LogP contribution in [-0.4, -0.2) is 12.1 Å². The van der Waals surface area contributed by atoms with Crippen molar-refractivity contribution in [2.75, 3.05) is 12.8 Å². The number of benzene rings is 1. The second-order valence-electron chi connectivity index (χ2n) is 2.91. The van der Waals surface area contributed by atoms with Crippen molar-refractivity contribution in [3.8, 4) is 5.75 Å². The van der Waals surface area contributed by atoms with Crippen LogP contribution in [0.4, 0.5) is 5.82 Å². The molecule has 0 aliphatic carbocycles. The molecule has 3 nitrogen and oxygen atoms in total. The molecule has 0 fully saturated rings. The molecule has 0 radical (unpaired) electrons. The second kappa shape index (κ2) is 3.46. The predicted octanol–water partition coefficient (Wildman–Crippen LogP) is 2.59. The minimum Gasteiger partial charge on any atom is -0.493 e. The quantitative estimate of drug-likeness (QED) is 0.849. The van der Waals surface area contributed by atoms with Crippen molar-refractivity contribution in [3.05, 3.63) is 28.7 Å². The van der Waals surface area contributed by atoms with Gasteiger partial charge in [0.1, 0.15) is 0 Å². The smallest absolute Gasteiger partial charge is 0.166 e. The zero-order valence-electron chi connectivity index (χ0n) is 7.62. The zero-order valence-corrected chi connectivity index (χ0v) is 9.21. The molecular weight excluding hydrogens is 244 g/mol. The average molecular weight is 253 g/mol. The number of nitrogen functional groups attached to an aromatic ring is 1. The molecule has 1 heterocycles. The minimum absolute atomic E-state index is 0.415. The van der Waals surface area contributed by atoms with Crippen LogP contribution in [0, 0.1) is 0 Å². The van der Waals surface area contributed by atoms with E-state index in [9.17, 15) is 0 Å². The van der Waals surface area contributed by atoms with E-state index in [1.165, 1.54) is 0 Å². The number of rotatable bonds is 1. The molecule has 0 bridgehead atoms. The molecule has 2 aromatic rings. The lowest BCUT2D eigenvalue weighted by molar-refractivity contribution is 0.416. The van der Waals surface area contributed by atoms with Gasteiger partial charge in [0.05, 0.1) is 12.6 Å². The van der Waals surface area contributed by atoms with Gasteiger partial charge in [-0.05, 0) is 18.2 Å². The molecule has 14 heavy (non-hydrogen) atoms. The second-order valence-corrected chi connectivity index (χ2v) is 3.83. The number of fused-ring (bicyclic) bond motifs is 1. The molecule has 72 valence electrons. The van der Waals surface area contributed by atoms with E-state index in [0.29, 0.717) is 11.6 Å². The van der Waals surface area contributed by atoms with Crippen molar-refractivity contribution >= 4 is 32.7 Å². The highest BCUT2D eigenvalue weighted by atomic mass is 79.9. The van der Waals surface area contributed by atoms with Crippen LogP contribution in [0.15, 0.2) is 28.7 Å². The first-order chi connectivity index (χ1) is 6.70. The van der Waals surface area contributed by atoms with Crippen molar-refractivity contribution in [1.29, 1.82) is 0 Å². The Balaban J connectivity index is 2.73. The lowest BCUT2D eigenvalue weighted by Gasteiger charge is -2.05. The molecule has 0 atom stereocenters. The summed E-state index contributed by atoms with van der Waals surface area (Å²) in [5.74, 6) is 1.03. The lowest BCUT2D eigenvalue weighted by atomic mass is 10.2. The van der Waals surface area contributed by atoms with Crippen LogP contribution in [0.2, 0.25) is 0 Å². The Morgan fingerprint density at radius 2 is 2.14 bits per heavy atom. The largest absolute Gasteiger partial charge is 0.493 e. The third kappa shape index (κ3) is 1.53. The number of hydrogen-bond acceptors (Lipinski definition) is 3. The molecule has 0 spiro atoms. The topological polar surface area (TPSA) is 48.1 Å². The Morgan fingerprint density at radius 1 is 1.36 bits per heavy atom. The van der Waals surface area contributed by atoms with Crippen LogP contribution in [-0.2, 0) is 0 Å². The molecule has 2 N–H and O–H groups in total. The number of pyridine rings is 1. The first kappa shape index (κ1) is 9.27. The molecule has 0 aliphatic rings. The molecule has 1 aromatic carbocycles. The molecule has 0 amide bonds. The summed E-state index contributed by atoms with van der Waals surface area (Å²) in [6.45, 7) is 0. The summed E-state index contributed by atoms with van der Waals surface area (Å²) < 4.78 is 6.07. The Kier molecular flexibility index (Phi) is 2.29. The maximum Gasteiger partial charge on any atom is 0.166 e. The Hall–Kier alpha value is -1.29. The molecule has 4 heteroatoms. The van der Waals surface area contributed by atoms with Gasteiger partial charge in [0.25, 0.3) is 0 Å². The van der Waals surface area contributed by atoms with Crippen LogP contribution in [0.1, 0.15) is 0 Å². The van der Waals surface area contributed by atoms with Gasteiger partial charge in [-0.1, -0.05) is 22.0 Å². The normalized spacial score (nSPS) is 10.4. The molecular formula is C10H9BrN2O. The monoisotopic (exact) mass is 252 g/mol. The number of ether oxygens (including phenoxy) is 1. The zero-order chi connectivity index (χ0) is 10.1. The fourth-order valence-electron chi connectivity index (χ4n) is 1.30. The highest BCUT2D eigenvalue weighted by Gasteiger charge is 2.03. The van der Waals surface area contributed by atoms with Crippen LogP contribution in [0.3, 0.4) is 0 Å². The molecule has 0 saturated carbocycles. The van der Waals surface area contributed by atoms with Crippen LogP contribution in [0.5, 0.6) is 5.75 Å². The van der Waals surface area contributed by atoms with E-state index in [0.717, 1.165) is 15.4 Å². The van der Waals surface area contributed by atoms with Crippen molar-refractivity contribution < 1.29 is 4.74 Å². The highest BCUT2D eigenvalue weighted by Crippen LogP contribution is 2.26. The van der Waals surface area contributed by atoms with Crippen molar-refractivity contribution in [1.82, 2.24) is 4.98 Å². The van der Waals surface area contributed by atoms with Gasteiger partial charge < -0.3 is 10.5 Å². The van der Waals surface area contributed by atoms with E-state index >= 15 is 0 Å². The van der Waals surface area contributed by atoms with E-state index in [1.54, 1.807) is 7.11 Å². The number of methoxy groups -OCH3 is 1. The van der Waals surface area contributed by atoms with E-state index in [2.05, 4.69) is 20.9 Å². The Morgan fingerprint density at radius 3 is 2.86 bits per heavy atom. The average Bonchev–Trinajstić information content (AvgIpc) is 2.16. The summed E-state index contributed by atoms with van der Waals surface area (Å²) in [5, 5.41) is 1.01. The van der Waals surface area contributed by atoms with Gasteiger partial charge in [0.15, 0.2) is 11.6 Å². The van der Waals surface area contributed by atoms with Gasteiger partial charge in [-0.25, -0.2) is 4.98 Å². The third-order valence-corrected chi connectivity index (χ3v) is 2.49. The molecule has 0 unspecified atom stereocenters. The SMILES string of the molecule is COc1cc2ccc(Br)cc2nc1N. The number of aromatic nitrogens is 1. The third-order valence-electron chi connectivity index (χ3n) is 1.99. The van der Waals surface area contributed by atoms with Crippen LogP contribution in [0.25, 0.3) is 10.9 Å². The standard InChI is InChI=1S/C10H9BrN2O/c1-14-9-4-6-2-3-7(11)5-8(6)13-10(9)12/h2-5H,1H3,(H2,12,13). The summed E-state index contributed by atoms with van der Waals surface area (Å²) in [5.41, 5.74) is 6.55. The summed E-state index contributed by atoms with van der Waals surface area (Å²) in [6.07, 6.45) is 0. The minimum atomic E-state index is 0.415. The van der Waals surface area contributed by atoms with Gasteiger partial charge in [0, 0.05) is 9.86 Å². The number of hydrogen-bond donors (Lipinski definition) is 1. The van der Waals surface area contributed by atoms with Crippen molar-refractivity contribution in [3.63, 3.8) is 0 Å². The highest BCUT2D eigenvalue weighted by molar-refractivity contribution is 9.10. The fourth-order valence-corrected chi connectivity index (χ4v) is 1.65. The predicted molar refractivity (Wildman–Crippen MR) is 60.4 cm³/mol. The number of halogens is 1. The van der Waals surface area contributed by atoms with E-state index in [1.807, 2.05) is 24.3 Å². The number of nitrogens with zero attached hydrogens (tertiary/aromatic N) is 1. The number of anilines is 1. The van der Waals surface area contributed by atoms with Crippen LogP contribution >= 0.6 is 15.9 Å². The van der Waals surface area contributed by atoms with Crippen molar-refractivity contribution in [2.24, 2.45) is 0 Å². The van der Waals surface area contributed by atoms with Gasteiger partial charge in [-0.3, -0.25) is 0 Å². The summed E-state index contributed by atoms with van der Waals surface area (Å²) >= 11 is 3.38. The fraction of sp³-hybridized carbons (Fsp3) is 0.100. The molecule has 1 aromatic heterocycles. The maximum absolute atomic E-state index is 5.70. The van der Waals surface area contributed by atoms with Gasteiger partial charge in [-0.2, -0.15) is 0 Å².